The van der Waals surface area contributed by atoms with Crippen molar-refractivity contribution in [1.82, 2.24) is 100 Å². The summed E-state index contributed by atoms with van der Waals surface area (Å²) in [6, 6.07) is -15.9. The molecule has 1 aromatic heterocycles. The summed E-state index contributed by atoms with van der Waals surface area (Å²) in [5.41, 5.74) is 9.19. The van der Waals surface area contributed by atoms with Crippen molar-refractivity contribution in [3.63, 3.8) is 0 Å². The lowest BCUT2D eigenvalue weighted by atomic mass is 9.98. The smallest absolute Gasteiger partial charge is 0.336 e. The van der Waals surface area contributed by atoms with Gasteiger partial charge in [-0.15, -0.1) is 0 Å². The first-order valence-corrected chi connectivity index (χ1v) is 45.4. The zero-order valence-electron chi connectivity index (χ0n) is 77.3. The molecule has 0 bridgehead atoms. The van der Waals surface area contributed by atoms with Crippen LogP contribution in [0.3, 0.4) is 0 Å². The molecule has 0 saturated carbocycles. The van der Waals surface area contributed by atoms with Gasteiger partial charge in [0.15, 0.2) is 0 Å². The van der Waals surface area contributed by atoms with Gasteiger partial charge in [0.25, 0.3) is 5.91 Å². The number of nitrogens with zero attached hydrogens (tertiary/aromatic N) is 2. The van der Waals surface area contributed by atoms with Crippen molar-refractivity contribution in [2.75, 3.05) is 51.4 Å². The normalized spacial score (nSPS) is 16.0. The van der Waals surface area contributed by atoms with E-state index in [0.717, 1.165) is 37.6 Å². The molecule has 0 aliphatic carbocycles. The molecule has 18 amide bonds. The van der Waals surface area contributed by atoms with Crippen LogP contribution in [-0.4, -0.2) is 351 Å². The van der Waals surface area contributed by atoms with E-state index >= 15 is 0 Å². The third kappa shape index (κ3) is 38.0. The van der Waals surface area contributed by atoms with Gasteiger partial charge in [-0.1, -0.05) is 65.0 Å². The molecular formula is C85H128N20O31S. The molecule has 18 atom stereocenters. The minimum absolute atomic E-state index is 0.0142. The highest BCUT2D eigenvalue weighted by Crippen LogP contribution is 2.24. The number of urea groups is 1. The van der Waals surface area contributed by atoms with Crippen LogP contribution in [0.4, 0.5) is 4.79 Å². The third-order valence-corrected chi connectivity index (χ3v) is 22.1. The number of carbonyl (C=O) groups is 21. The van der Waals surface area contributed by atoms with E-state index in [-0.39, 0.29) is 75.2 Å². The van der Waals surface area contributed by atoms with Crippen molar-refractivity contribution in [2.24, 2.45) is 17.6 Å². The Morgan fingerprint density at radius 2 is 0.949 bits per heavy atom. The second kappa shape index (κ2) is 57.4. The summed E-state index contributed by atoms with van der Waals surface area (Å²) in [5.74, 6) is -26.3. The Labute approximate surface area is 790 Å². The number of aromatic hydroxyl groups is 1. The van der Waals surface area contributed by atoms with Crippen LogP contribution < -0.4 is 90.9 Å². The number of unbranched alkanes of at least 4 members (excludes halogenated alkanes) is 1. The molecule has 1 fully saturated rings. The monoisotopic (exact) mass is 1960 g/mol. The molecule has 52 heteroatoms. The number of aromatic nitrogens is 1. The van der Waals surface area contributed by atoms with Crippen LogP contribution in [0.25, 0.3) is 10.9 Å². The number of aromatic amines is 1. The topological polar surface area (TPSA) is 802 Å². The Hall–Kier alpha value is -13.4. The van der Waals surface area contributed by atoms with Crippen molar-refractivity contribution in [3.05, 3.63) is 65.9 Å². The second-order valence-electron chi connectivity index (χ2n) is 33.3. The molecule has 2 heterocycles. The molecular weight excluding hydrogens is 1830 g/mol. The summed E-state index contributed by atoms with van der Waals surface area (Å²) < 4.78 is 0. The molecule has 137 heavy (non-hydrogen) atoms. The summed E-state index contributed by atoms with van der Waals surface area (Å²) >= 11 is 1.18. The Balaban J connectivity index is 1.52. The third-order valence-electron chi connectivity index (χ3n) is 21.4. The highest BCUT2D eigenvalue weighted by atomic mass is 32.2. The Bertz CT molecular complexity index is 4700. The molecule has 4 rings (SSSR count). The van der Waals surface area contributed by atoms with Crippen LogP contribution >= 0.6 is 11.8 Å². The molecule has 0 unspecified atom stereocenters. The fourth-order valence-corrected chi connectivity index (χ4v) is 14.5. The number of benzene rings is 2. The van der Waals surface area contributed by atoms with E-state index in [1.165, 1.54) is 69.9 Å². The Morgan fingerprint density at radius 3 is 1.45 bits per heavy atom. The van der Waals surface area contributed by atoms with Crippen LogP contribution in [-0.2, 0) is 109 Å². The molecule has 0 radical (unpaired) electrons. The predicted octanol–water partition coefficient (Wildman–Crippen LogP) is -7.87. The number of fused-ring (bicyclic) bond motifs is 1. The number of carboxylic acids is 4. The number of H-pyrrole nitrogens is 1. The lowest BCUT2D eigenvalue weighted by molar-refractivity contribution is -0.144. The number of nitrogens with two attached hydrogens (primary N) is 1. The molecule has 1 aliphatic heterocycles. The number of rotatable bonds is 58. The van der Waals surface area contributed by atoms with Gasteiger partial charge < -0.3 is 146 Å². The first kappa shape index (κ1) is 116. The highest BCUT2D eigenvalue weighted by Gasteiger charge is 2.44. The number of phenols is 1. The largest absolute Gasteiger partial charge is 0.508 e. The van der Waals surface area contributed by atoms with Crippen molar-refractivity contribution in [3.8, 4) is 5.75 Å². The molecule has 1 saturated heterocycles. The van der Waals surface area contributed by atoms with Gasteiger partial charge in [-0.05, 0) is 132 Å². The zero-order chi connectivity index (χ0) is 103. The quantitative estimate of drug-likeness (QED) is 0.0184. The maximum Gasteiger partial charge on any atom is 0.336 e. The van der Waals surface area contributed by atoms with E-state index in [1.807, 2.05) is 5.32 Å². The van der Waals surface area contributed by atoms with E-state index < -0.39 is 297 Å². The van der Waals surface area contributed by atoms with Gasteiger partial charge >= 0.3 is 29.9 Å². The van der Waals surface area contributed by atoms with Crippen molar-refractivity contribution in [1.29, 1.82) is 0 Å². The number of aliphatic hydroxyl groups is 5. The van der Waals surface area contributed by atoms with Gasteiger partial charge in [0.2, 0.25) is 88.6 Å². The summed E-state index contributed by atoms with van der Waals surface area (Å²) in [7, 11) is 0. The number of likely N-dealkylation sites (tertiary alicyclic amines) is 1. The molecule has 2 aromatic carbocycles. The number of hydrazine groups is 1. The first-order chi connectivity index (χ1) is 64.5. The van der Waals surface area contributed by atoms with Crippen LogP contribution in [0.2, 0.25) is 0 Å². The first-order valence-electron chi connectivity index (χ1n) is 44.0. The average Bonchev–Trinajstić information content (AvgIpc) is 1.71. The lowest BCUT2D eigenvalue weighted by Gasteiger charge is -2.33. The zero-order valence-corrected chi connectivity index (χ0v) is 78.1. The van der Waals surface area contributed by atoms with E-state index in [0.29, 0.717) is 29.3 Å². The van der Waals surface area contributed by atoms with Crippen LogP contribution in [0.1, 0.15) is 144 Å². The standard InChI is InChI=1S/C85H128N20O31S/c1-11-29-105(103-78(128)60-20-16-30-104(60)83(133)66(41(4)5)99-80(130)65(40(2)3)98-75(125)57(35-64(118)119)94-70(120)51(25-26-62(114)115)92-81(131)68(43(7)109)102-74(124)56(34-63(116)117)89-45(9)111)85(136)97-59(39-107)77(127)91-52(27-31-137-10)71(121)96-58(38-106)76(126)93-54(32-46-21-23-48(112)24-22-46)72(122)101-69(44(8)110)82(132)95-55(33-47-36-87-50-18-13-12-17-49(47)50)73(123)100-67(42(6)108)79(129)88-37-61(113)90-53(84(134)135)19-14-15-28-86/h12-13,17-18,21-24,36,40-44,51-60,65-69,87,106-110,112H,11,14-16,19-20,25-35,37-39,86H2,1-10H3,(H,88,129)(H,89,111)(H,90,113)(H,91,127)(H,92,131)(H,93,126)(H,94,120)(H,95,132)(H,96,121)(H,97,136)(H,98,125)(H,99,130)(H,100,123)(H,101,122)(H,102,124)(H,103,128)(H,114,115)(H,116,117)(H,118,119)(H,134,135)/t42-,43-,44-,51+,52+,53+,54+,55+,56+,57+,58+,59+,60+,65+,66+,67+,68+,69+/m1/s1. The number of para-hydroxylation sites is 1. The van der Waals surface area contributed by atoms with Crippen LogP contribution in [0.15, 0.2) is 54.7 Å². The number of amides is 18. The number of aliphatic carboxylic acids is 4. The predicted molar refractivity (Wildman–Crippen MR) is 484 cm³/mol. The summed E-state index contributed by atoms with van der Waals surface area (Å²) in [4.78, 5) is 289. The van der Waals surface area contributed by atoms with Gasteiger partial charge in [0.1, 0.15) is 96.4 Å². The van der Waals surface area contributed by atoms with Crippen LogP contribution in [0.5, 0.6) is 5.75 Å². The van der Waals surface area contributed by atoms with Gasteiger partial charge in [0, 0.05) is 56.4 Å². The fraction of sp³-hybridized carbons (Fsp3) is 0.588. The van der Waals surface area contributed by atoms with Crippen molar-refractivity contribution >= 4 is 147 Å². The van der Waals surface area contributed by atoms with Gasteiger partial charge in [-0.3, -0.25) is 96.5 Å². The number of nitrogens with one attached hydrogen (secondary N) is 17. The molecule has 29 N–H and O–H groups in total. The minimum atomic E-state index is -2.11. The van der Waals surface area contributed by atoms with E-state index in [4.69, 9.17) is 5.73 Å². The lowest BCUT2D eigenvalue weighted by Crippen LogP contribution is -2.63. The molecule has 51 nitrogen and oxygen atoms in total. The Morgan fingerprint density at radius 1 is 0.496 bits per heavy atom. The molecule has 760 valence electrons. The fourth-order valence-electron chi connectivity index (χ4n) is 14.0. The average molecular weight is 1960 g/mol. The van der Waals surface area contributed by atoms with E-state index in [2.05, 4.69) is 84.8 Å². The van der Waals surface area contributed by atoms with Crippen molar-refractivity contribution in [2.45, 2.75) is 255 Å². The summed E-state index contributed by atoms with van der Waals surface area (Å²) in [6.45, 7) is 8.35. The highest BCUT2D eigenvalue weighted by molar-refractivity contribution is 7.98. The van der Waals surface area contributed by atoms with Gasteiger partial charge in [-0.2, -0.15) is 11.8 Å². The number of thioether (sulfide) groups is 1. The molecule has 0 spiro atoms. The van der Waals surface area contributed by atoms with Gasteiger partial charge in [-0.25, -0.2) is 14.6 Å². The molecule has 3 aromatic rings. The van der Waals surface area contributed by atoms with E-state index in [9.17, 15) is 152 Å². The SMILES string of the molecule is CCCN(NC(=O)[C@@H]1CCCN1C(=O)[C@@H](NC(=O)[C@@H](NC(=O)[C@H](CC(=O)O)NC(=O)[C@H](CCC(=O)O)NC(=O)[C@@H](NC(=O)[C@H](CC(=O)O)NC(C)=O)[C@@H](C)O)C(C)C)C(C)C)C(=O)N[C@@H](CO)C(=O)N[C@@H](CCSC)C(=O)N[C@@H](CO)C(=O)N[C@@H](Cc1ccc(O)cc1)C(=O)N[C@H](C(=O)N[C@@H](Cc1c[nH]c2ccccc12)C(=O)N[C@H](C(=O)NCC(=O)N[C@@H](CCCCN)C(=O)O)[C@@H](C)O)[C@@H](C)O. The number of hydrogen-bond donors (Lipinski definition) is 28. The molecule has 1 aliphatic rings. The number of carboxylic acid groups (broad SMARTS) is 4. The summed E-state index contributed by atoms with van der Waals surface area (Å²) in [5, 5.41) is 138. The maximum atomic E-state index is 14.7. The van der Waals surface area contributed by atoms with Crippen LogP contribution in [0, 0.1) is 11.8 Å². The number of carbonyl (C=O) groups excluding carboxylic acids is 17. The second-order valence-corrected chi connectivity index (χ2v) is 34.2. The van der Waals surface area contributed by atoms with E-state index in [1.54, 1.807) is 37.4 Å². The van der Waals surface area contributed by atoms with Gasteiger partial charge in [0.05, 0.1) is 50.9 Å². The number of aliphatic hydroxyl groups excluding tert-OH is 5. The minimum Gasteiger partial charge on any atom is -0.508 e. The van der Waals surface area contributed by atoms with Crippen molar-refractivity contribution < 1.29 is 152 Å². The summed E-state index contributed by atoms with van der Waals surface area (Å²) in [6.07, 6.45) is -5.95. The number of hydrogen-bond acceptors (Lipinski definition) is 29. The number of phenolic OH excluding ortho intramolecular Hbond substituents is 1. The Kier molecular flexibility index (Phi) is 48.6. The maximum absolute atomic E-state index is 14.7.